The van der Waals surface area contributed by atoms with Gasteiger partial charge in [-0.05, 0) is 0 Å². The first kappa shape index (κ1) is 21.6. The van der Waals surface area contributed by atoms with Crippen molar-refractivity contribution in [2.45, 2.75) is 24.3 Å². The summed E-state index contributed by atoms with van der Waals surface area (Å²) >= 11 is 1.86. The number of carbonyl (C=O) groups excluding carboxylic acids is 1. The number of ether oxygens (including phenoxy) is 1. The molecule has 29 heavy (non-hydrogen) atoms. The van der Waals surface area contributed by atoms with Crippen LogP contribution in [0.3, 0.4) is 0 Å². The van der Waals surface area contributed by atoms with Gasteiger partial charge in [-0.2, -0.15) is 0 Å². The number of hydrogen-bond acceptors (Lipinski definition) is 3. The zero-order valence-corrected chi connectivity index (χ0v) is 18.9. The first-order chi connectivity index (χ1) is 14.3. The molecule has 0 amide bonds. The van der Waals surface area contributed by atoms with Crippen LogP contribution in [-0.2, 0) is 4.74 Å². The number of rotatable bonds is 10. The number of hydrogen-bond donors (Lipinski definition) is 0. The van der Waals surface area contributed by atoms with Crippen LogP contribution in [0.25, 0.3) is 0 Å². The van der Waals surface area contributed by atoms with Gasteiger partial charge in [-0.1, -0.05) is 0 Å². The quantitative estimate of drug-likeness (QED) is 0.229. The number of Topliss-reactive ketones (excluding diaryl/α,β-unsaturated/α-hetero) is 1. The van der Waals surface area contributed by atoms with E-state index < -0.39 is 0 Å². The first-order valence-corrected chi connectivity index (χ1v) is 12.3. The Labute approximate surface area is 183 Å². The van der Waals surface area contributed by atoms with E-state index in [1.807, 2.05) is 61.5 Å². The van der Waals surface area contributed by atoms with Gasteiger partial charge in [0.05, 0.1) is 0 Å². The molecule has 1 atom stereocenters. The second-order valence-corrected chi connectivity index (χ2v) is 9.43. The van der Waals surface area contributed by atoms with E-state index in [1.54, 1.807) is 11.8 Å². The van der Waals surface area contributed by atoms with E-state index in [0.29, 0.717) is 13.0 Å². The molecule has 0 N–H and O–H groups in total. The zero-order chi connectivity index (χ0) is 20.3. The van der Waals surface area contributed by atoms with Crippen molar-refractivity contribution in [3.63, 3.8) is 0 Å². The van der Waals surface area contributed by atoms with Crippen LogP contribution in [0.4, 0.5) is 0 Å². The molecular weight excluding hydrogens is 443 g/mol. The molecule has 1 unspecified atom stereocenters. The van der Waals surface area contributed by atoms with Crippen LogP contribution in [-0.4, -0.2) is 33.5 Å². The van der Waals surface area contributed by atoms with Gasteiger partial charge in [-0.25, -0.2) is 0 Å². The van der Waals surface area contributed by atoms with Crippen molar-refractivity contribution in [2.24, 2.45) is 0 Å². The molecular formula is C25H24O2SSe. The molecule has 2 nitrogen and oxygen atoms in total. The molecule has 3 aromatic carbocycles. The summed E-state index contributed by atoms with van der Waals surface area (Å²) < 4.78 is 7.36. The van der Waals surface area contributed by atoms with E-state index in [-0.39, 0.29) is 26.8 Å². The number of benzene rings is 3. The SMILES string of the molecule is CCOC(CC(=O)c1ccccc1)/C(=C/[Se]c1ccccc1)Sc1ccccc1. The summed E-state index contributed by atoms with van der Waals surface area (Å²) in [6.45, 7) is 2.55. The zero-order valence-electron chi connectivity index (χ0n) is 16.4. The number of thioether (sulfide) groups is 1. The monoisotopic (exact) mass is 468 g/mol. The molecule has 0 aliphatic heterocycles. The summed E-state index contributed by atoms with van der Waals surface area (Å²) in [5.74, 6) is 0.107. The van der Waals surface area contributed by atoms with Crippen LogP contribution >= 0.6 is 11.8 Å². The van der Waals surface area contributed by atoms with Crippen LogP contribution < -0.4 is 4.46 Å². The topological polar surface area (TPSA) is 26.3 Å². The molecule has 0 heterocycles. The average Bonchev–Trinajstić information content (AvgIpc) is 2.78. The number of ketones is 1. The van der Waals surface area contributed by atoms with Crippen LogP contribution in [0, 0.1) is 0 Å². The molecule has 0 aliphatic rings. The molecule has 0 aromatic heterocycles. The summed E-state index contributed by atoms with van der Waals surface area (Å²) in [5.41, 5.74) is 0.731. The summed E-state index contributed by atoms with van der Waals surface area (Å²) in [7, 11) is 0. The standard InChI is InChI=1S/C25H24O2SSe/c1-2-27-24(18-23(26)20-12-6-3-7-13-20)25(28-21-14-8-4-9-15-21)19-29-22-16-10-5-11-17-22/h3-17,19,24H,2,18H2,1H3/b25-19-. The predicted molar refractivity (Wildman–Crippen MR) is 123 cm³/mol. The molecule has 0 aliphatic carbocycles. The van der Waals surface area contributed by atoms with Crippen molar-refractivity contribution in [1.29, 1.82) is 0 Å². The fraction of sp³-hybridized carbons (Fsp3) is 0.160. The van der Waals surface area contributed by atoms with Gasteiger partial charge in [0, 0.05) is 0 Å². The third kappa shape index (κ3) is 7.02. The Morgan fingerprint density at radius 1 is 0.931 bits per heavy atom. The van der Waals surface area contributed by atoms with E-state index in [9.17, 15) is 4.79 Å². The molecule has 0 fully saturated rings. The van der Waals surface area contributed by atoms with Crippen molar-refractivity contribution >= 4 is 37.0 Å². The van der Waals surface area contributed by atoms with Gasteiger partial charge in [0.25, 0.3) is 0 Å². The van der Waals surface area contributed by atoms with Gasteiger partial charge >= 0.3 is 184 Å². The molecule has 0 spiro atoms. The Morgan fingerprint density at radius 2 is 1.52 bits per heavy atom. The van der Waals surface area contributed by atoms with Gasteiger partial charge < -0.3 is 0 Å². The summed E-state index contributed by atoms with van der Waals surface area (Å²) in [6.07, 6.45) is 0.0949. The second kappa shape index (κ2) is 11.8. The van der Waals surface area contributed by atoms with Crippen LogP contribution in [0.5, 0.6) is 0 Å². The van der Waals surface area contributed by atoms with Gasteiger partial charge in [0.15, 0.2) is 0 Å². The maximum atomic E-state index is 12.8. The molecule has 0 saturated carbocycles. The summed E-state index contributed by atoms with van der Waals surface area (Å²) in [5, 5.41) is 0. The average molecular weight is 467 g/mol. The molecule has 4 heteroatoms. The van der Waals surface area contributed by atoms with Crippen LogP contribution in [0.2, 0.25) is 0 Å². The van der Waals surface area contributed by atoms with E-state index >= 15 is 0 Å². The normalized spacial score (nSPS) is 12.5. The molecule has 0 radical (unpaired) electrons. The van der Waals surface area contributed by atoms with Gasteiger partial charge in [0.2, 0.25) is 0 Å². The van der Waals surface area contributed by atoms with Crippen LogP contribution in [0.1, 0.15) is 23.7 Å². The Kier molecular flexibility index (Phi) is 8.79. The molecule has 0 saturated heterocycles. The minimum atomic E-state index is -0.247. The molecule has 3 rings (SSSR count). The molecule has 0 bridgehead atoms. The van der Waals surface area contributed by atoms with Gasteiger partial charge in [-0.3, -0.25) is 0 Å². The van der Waals surface area contributed by atoms with E-state index in [4.69, 9.17) is 4.74 Å². The first-order valence-electron chi connectivity index (χ1n) is 9.60. The van der Waals surface area contributed by atoms with Gasteiger partial charge in [0.1, 0.15) is 0 Å². The van der Waals surface area contributed by atoms with Crippen LogP contribution in [0.15, 0.2) is 106 Å². The van der Waals surface area contributed by atoms with E-state index in [2.05, 4.69) is 41.4 Å². The second-order valence-electron chi connectivity index (χ2n) is 6.30. The Hall–Kier alpha value is -2.10. The fourth-order valence-corrected chi connectivity index (χ4v) is 5.72. The summed E-state index contributed by atoms with van der Waals surface area (Å²) in [6, 6.07) is 30.2. The Balaban J connectivity index is 1.84. The van der Waals surface area contributed by atoms with Crippen molar-refractivity contribution in [3.05, 3.63) is 106 Å². The molecule has 148 valence electrons. The third-order valence-electron chi connectivity index (χ3n) is 4.19. The Bertz CT molecular complexity index is 911. The minimum absolute atomic E-state index is 0.107. The Morgan fingerprint density at radius 3 is 2.14 bits per heavy atom. The molecule has 3 aromatic rings. The van der Waals surface area contributed by atoms with Crippen molar-refractivity contribution in [1.82, 2.24) is 0 Å². The van der Waals surface area contributed by atoms with E-state index in [1.165, 1.54) is 4.46 Å². The van der Waals surface area contributed by atoms with Crippen molar-refractivity contribution in [3.8, 4) is 0 Å². The van der Waals surface area contributed by atoms with E-state index in [0.717, 1.165) is 15.4 Å². The van der Waals surface area contributed by atoms with Gasteiger partial charge in [-0.15, -0.1) is 0 Å². The third-order valence-corrected chi connectivity index (χ3v) is 7.57. The van der Waals surface area contributed by atoms with Crippen molar-refractivity contribution < 1.29 is 9.53 Å². The predicted octanol–water partition coefficient (Wildman–Crippen LogP) is 5.33. The summed E-state index contributed by atoms with van der Waals surface area (Å²) in [4.78, 5) is 17.4. The fourth-order valence-electron chi connectivity index (χ4n) is 2.77. The maximum absolute atomic E-state index is 12.8. The number of carbonyl (C=O) groups is 1. The van der Waals surface area contributed by atoms with Crippen molar-refractivity contribution in [2.75, 3.05) is 6.61 Å².